The first-order chi connectivity index (χ1) is 6.90. The van der Waals surface area contributed by atoms with Crippen molar-refractivity contribution >= 4 is 0 Å². The van der Waals surface area contributed by atoms with Crippen LogP contribution in [0.25, 0.3) is 0 Å². The van der Waals surface area contributed by atoms with Crippen LogP contribution in [-0.4, -0.2) is 12.6 Å². The molecule has 0 saturated heterocycles. The van der Waals surface area contributed by atoms with Gasteiger partial charge in [-0.15, -0.1) is 0 Å². The molecule has 0 bridgehead atoms. The van der Waals surface area contributed by atoms with Crippen LogP contribution in [0.2, 0.25) is 0 Å². The van der Waals surface area contributed by atoms with Gasteiger partial charge in [-0.25, -0.2) is 0 Å². The average Bonchev–Trinajstić information content (AvgIpc) is 2.96. The molecule has 0 heterocycles. The highest BCUT2D eigenvalue weighted by Crippen LogP contribution is 2.35. The standard InChI is InChI=1S/C13H25N/c1-2-6-12-9-13(12)14-10-11-7-4-3-5-8-11/h11-14H,2-10H2,1H3. The first-order valence-corrected chi connectivity index (χ1v) is 6.63. The predicted octanol–water partition coefficient (Wildman–Crippen LogP) is 3.34. The third kappa shape index (κ3) is 2.98. The molecule has 82 valence electrons. The summed E-state index contributed by atoms with van der Waals surface area (Å²) in [5.74, 6) is 2.04. The molecule has 2 aliphatic carbocycles. The third-order valence-corrected chi connectivity index (χ3v) is 3.98. The summed E-state index contributed by atoms with van der Waals surface area (Å²) in [4.78, 5) is 0. The maximum Gasteiger partial charge on any atom is 0.00992 e. The Morgan fingerprint density at radius 3 is 2.64 bits per heavy atom. The molecule has 1 heteroatoms. The van der Waals surface area contributed by atoms with Crippen molar-refractivity contribution in [3.05, 3.63) is 0 Å². The van der Waals surface area contributed by atoms with Gasteiger partial charge in [0.1, 0.15) is 0 Å². The second kappa shape index (κ2) is 5.16. The van der Waals surface area contributed by atoms with Crippen molar-refractivity contribution in [2.75, 3.05) is 6.54 Å². The molecule has 0 aromatic heterocycles. The Morgan fingerprint density at radius 2 is 1.93 bits per heavy atom. The smallest absolute Gasteiger partial charge is 0.00992 e. The highest BCUT2D eigenvalue weighted by atomic mass is 15.0. The Hall–Kier alpha value is -0.0400. The van der Waals surface area contributed by atoms with E-state index in [9.17, 15) is 0 Å². The minimum absolute atomic E-state index is 0.900. The van der Waals surface area contributed by atoms with E-state index in [-0.39, 0.29) is 0 Å². The zero-order valence-electron chi connectivity index (χ0n) is 9.60. The zero-order valence-corrected chi connectivity index (χ0v) is 9.60. The van der Waals surface area contributed by atoms with Crippen molar-refractivity contribution in [3.63, 3.8) is 0 Å². The molecule has 2 atom stereocenters. The van der Waals surface area contributed by atoms with Crippen molar-refractivity contribution in [2.24, 2.45) is 11.8 Å². The van der Waals surface area contributed by atoms with Crippen LogP contribution in [0.4, 0.5) is 0 Å². The predicted molar refractivity (Wildman–Crippen MR) is 61.4 cm³/mol. The summed E-state index contributed by atoms with van der Waals surface area (Å²) in [5, 5.41) is 3.76. The van der Waals surface area contributed by atoms with E-state index in [0.29, 0.717) is 0 Å². The van der Waals surface area contributed by atoms with Gasteiger partial charge in [0.25, 0.3) is 0 Å². The van der Waals surface area contributed by atoms with Crippen molar-refractivity contribution in [1.82, 2.24) is 5.32 Å². The molecule has 0 radical (unpaired) electrons. The SMILES string of the molecule is CCCC1CC1NCC1CCCCC1. The lowest BCUT2D eigenvalue weighted by atomic mass is 9.89. The van der Waals surface area contributed by atoms with Crippen LogP contribution in [0, 0.1) is 11.8 Å². The van der Waals surface area contributed by atoms with Gasteiger partial charge < -0.3 is 5.32 Å². The van der Waals surface area contributed by atoms with E-state index in [0.717, 1.165) is 17.9 Å². The summed E-state index contributed by atoms with van der Waals surface area (Å²) in [6.45, 7) is 3.61. The summed E-state index contributed by atoms with van der Waals surface area (Å²) >= 11 is 0. The molecular formula is C13H25N. The highest BCUT2D eigenvalue weighted by Gasteiger charge is 2.35. The molecule has 2 saturated carbocycles. The van der Waals surface area contributed by atoms with Gasteiger partial charge in [-0.2, -0.15) is 0 Å². The van der Waals surface area contributed by atoms with Crippen LogP contribution in [-0.2, 0) is 0 Å². The van der Waals surface area contributed by atoms with E-state index < -0.39 is 0 Å². The third-order valence-electron chi connectivity index (χ3n) is 3.98. The Labute approximate surface area is 88.7 Å². The van der Waals surface area contributed by atoms with Gasteiger partial charge in [0.2, 0.25) is 0 Å². The van der Waals surface area contributed by atoms with Gasteiger partial charge in [-0.05, 0) is 44.1 Å². The molecule has 2 rings (SSSR count). The van der Waals surface area contributed by atoms with Crippen LogP contribution in [0.3, 0.4) is 0 Å². The van der Waals surface area contributed by atoms with Crippen molar-refractivity contribution in [2.45, 2.75) is 64.3 Å². The van der Waals surface area contributed by atoms with Gasteiger partial charge >= 0.3 is 0 Å². The van der Waals surface area contributed by atoms with Gasteiger partial charge in [0, 0.05) is 6.04 Å². The largest absolute Gasteiger partial charge is 0.313 e. The lowest BCUT2D eigenvalue weighted by Gasteiger charge is -2.21. The molecule has 0 spiro atoms. The summed E-state index contributed by atoms with van der Waals surface area (Å²) in [6, 6.07) is 0.900. The maximum atomic E-state index is 3.76. The van der Waals surface area contributed by atoms with Crippen LogP contribution < -0.4 is 5.32 Å². The Morgan fingerprint density at radius 1 is 1.14 bits per heavy atom. The molecule has 0 aromatic rings. The van der Waals surface area contributed by atoms with Crippen LogP contribution in [0.15, 0.2) is 0 Å². The number of hydrogen-bond donors (Lipinski definition) is 1. The van der Waals surface area contributed by atoms with Crippen molar-refractivity contribution in [3.8, 4) is 0 Å². The molecule has 1 nitrogen and oxygen atoms in total. The molecule has 2 aliphatic rings. The summed E-state index contributed by atoms with van der Waals surface area (Å²) in [6.07, 6.45) is 11.7. The number of nitrogens with one attached hydrogen (secondary N) is 1. The monoisotopic (exact) mass is 195 g/mol. The molecule has 1 N–H and O–H groups in total. The topological polar surface area (TPSA) is 12.0 Å². The molecule has 14 heavy (non-hydrogen) atoms. The fraction of sp³-hybridized carbons (Fsp3) is 1.00. The fourth-order valence-corrected chi connectivity index (χ4v) is 2.90. The second-order valence-electron chi connectivity index (χ2n) is 5.30. The van der Waals surface area contributed by atoms with E-state index in [4.69, 9.17) is 0 Å². The number of rotatable bonds is 5. The maximum absolute atomic E-state index is 3.76. The van der Waals surface area contributed by atoms with E-state index in [2.05, 4.69) is 12.2 Å². The van der Waals surface area contributed by atoms with E-state index in [1.807, 2.05) is 0 Å². The van der Waals surface area contributed by atoms with Crippen LogP contribution in [0.1, 0.15) is 58.3 Å². The molecule has 0 aliphatic heterocycles. The Kier molecular flexibility index (Phi) is 3.86. The van der Waals surface area contributed by atoms with Crippen LogP contribution in [0.5, 0.6) is 0 Å². The first kappa shape index (κ1) is 10.5. The second-order valence-corrected chi connectivity index (χ2v) is 5.30. The average molecular weight is 195 g/mol. The van der Waals surface area contributed by atoms with Gasteiger partial charge in [-0.1, -0.05) is 32.6 Å². The minimum Gasteiger partial charge on any atom is -0.313 e. The molecule has 0 amide bonds. The quantitative estimate of drug-likeness (QED) is 0.709. The normalized spacial score (nSPS) is 33.2. The molecule has 2 unspecified atom stereocenters. The Balaban J connectivity index is 1.54. The number of hydrogen-bond acceptors (Lipinski definition) is 1. The minimum atomic E-state index is 0.900. The summed E-state index contributed by atoms with van der Waals surface area (Å²) in [5.41, 5.74) is 0. The first-order valence-electron chi connectivity index (χ1n) is 6.63. The summed E-state index contributed by atoms with van der Waals surface area (Å²) in [7, 11) is 0. The molecular weight excluding hydrogens is 170 g/mol. The van der Waals surface area contributed by atoms with Gasteiger partial charge in [0.15, 0.2) is 0 Å². The highest BCUT2D eigenvalue weighted by molar-refractivity contribution is 4.92. The summed E-state index contributed by atoms with van der Waals surface area (Å²) < 4.78 is 0. The van der Waals surface area contributed by atoms with Gasteiger partial charge in [0.05, 0.1) is 0 Å². The van der Waals surface area contributed by atoms with Gasteiger partial charge in [-0.3, -0.25) is 0 Å². The van der Waals surface area contributed by atoms with Crippen LogP contribution >= 0.6 is 0 Å². The van der Waals surface area contributed by atoms with Crippen molar-refractivity contribution < 1.29 is 0 Å². The Bertz CT molecular complexity index is 161. The zero-order chi connectivity index (χ0) is 9.80. The van der Waals surface area contributed by atoms with E-state index in [1.54, 1.807) is 0 Å². The lowest BCUT2D eigenvalue weighted by Crippen LogP contribution is -2.27. The molecule has 0 aromatic carbocycles. The fourth-order valence-electron chi connectivity index (χ4n) is 2.90. The molecule has 2 fully saturated rings. The van der Waals surface area contributed by atoms with E-state index >= 15 is 0 Å². The lowest BCUT2D eigenvalue weighted by molar-refractivity contribution is 0.339. The van der Waals surface area contributed by atoms with Crippen molar-refractivity contribution in [1.29, 1.82) is 0 Å². The van der Waals surface area contributed by atoms with E-state index in [1.165, 1.54) is 57.9 Å².